The summed E-state index contributed by atoms with van der Waals surface area (Å²) in [6, 6.07) is 16.1. The number of nitrogens with zero attached hydrogens (tertiary/aromatic N) is 3. The molecule has 9 heteroatoms. The molecule has 0 fully saturated rings. The molecule has 0 aliphatic rings. The van der Waals surface area contributed by atoms with Gasteiger partial charge in [0.15, 0.2) is 11.6 Å². The molecule has 0 aliphatic heterocycles. The highest BCUT2D eigenvalue weighted by molar-refractivity contribution is 7.20. The van der Waals surface area contributed by atoms with Crippen molar-refractivity contribution in [3.8, 4) is 17.6 Å². The lowest BCUT2D eigenvalue weighted by molar-refractivity contribution is 0.306. The van der Waals surface area contributed by atoms with Gasteiger partial charge < -0.3 is 10.1 Å². The van der Waals surface area contributed by atoms with Crippen LogP contribution in [0.25, 0.3) is 10.2 Å². The predicted octanol–water partition coefficient (Wildman–Crippen LogP) is 6.74. The number of ether oxygens (including phenoxy) is 1. The highest BCUT2D eigenvalue weighted by Gasteiger charge is 2.10. The van der Waals surface area contributed by atoms with Gasteiger partial charge in [-0.05, 0) is 65.9 Å². The summed E-state index contributed by atoms with van der Waals surface area (Å²) in [5.74, 6) is 5.97. The Bertz CT molecular complexity index is 1600. The maximum Gasteiger partial charge on any atom is 0.157 e. The number of nitrogens with one attached hydrogen (secondary N) is 1. The van der Waals surface area contributed by atoms with Gasteiger partial charge in [-0.15, -0.1) is 11.3 Å². The second-order valence-corrected chi connectivity index (χ2v) is 8.78. The van der Waals surface area contributed by atoms with E-state index in [4.69, 9.17) is 16.3 Å². The van der Waals surface area contributed by atoms with E-state index in [1.54, 1.807) is 30.3 Å². The van der Waals surface area contributed by atoms with Gasteiger partial charge in [-0.3, -0.25) is 0 Å². The van der Waals surface area contributed by atoms with Crippen LogP contribution in [0.4, 0.5) is 20.3 Å². The van der Waals surface area contributed by atoms with Crippen molar-refractivity contribution in [1.82, 2.24) is 15.0 Å². The maximum absolute atomic E-state index is 13.8. The summed E-state index contributed by atoms with van der Waals surface area (Å²) in [5, 5.41) is 3.64. The van der Waals surface area contributed by atoms with E-state index in [9.17, 15) is 8.78 Å². The van der Waals surface area contributed by atoms with Crippen LogP contribution in [-0.2, 0) is 6.61 Å². The normalized spacial score (nSPS) is 10.6. The van der Waals surface area contributed by atoms with E-state index in [0.29, 0.717) is 38.2 Å². The zero-order valence-corrected chi connectivity index (χ0v) is 19.5. The Balaban J connectivity index is 1.34. The first kappa shape index (κ1) is 22.7. The first-order valence-corrected chi connectivity index (χ1v) is 11.6. The molecule has 0 unspecified atom stereocenters. The molecule has 35 heavy (non-hydrogen) atoms. The molecule has 3 heterocycles. The molecule has 172 valence electrons. The highest BCUT2D eigenvalue weighted by atomic mass is 35.5. The summed E-state index contributed by atoms with van der Waals surface area (Å²) in [5.41, 5.74) is 2.20. The molecular weight excluding hydrogens is 490 g/mol. The molecule has 0 saturated heterocycles. The van der Waals surface area contributed by atoms with Crippen molar-refractivity contribution in [3.63, 3.8) is 0 Å². The van der Waals surface area contributed by atoms with Crippen molar-refractivity contribution in [2.24, 2.45) is 0 Å². The fourth-order valence-corrected chi connectivity index (χ4v) is 4.37. The molecule has 0 saturated carbocycles. The van der Waals surface area contributed by atoms with Crippen molar-refractivity contribution >= 4 is 44.7 Å². The minimum atomic E-state index is -0.469. The van der Waals surface area contributed by atoms with Gasteiger partial charge in [0.05, 0.1) is 20.1 Å². The number of thiophene rings is 1. The number of anilines is 2. The molecule has 0 spiro atoms. The van der Waals surface area contributed by atoms with Gasteiger partial charge in [0, 0.05) is 11.9 Å². The highest BCUT2D eigenvalue weighted by Crippen LogP contribution is 2.33. The van der Waals surface area contributed by atoms with Crippen LogP contribution in [-0.4, -0.2) is 15.0 Å². The van der Waals surface area contributed by atoms with Crippen LogP contribution in [0, 0.1) is 23.5 Å². The minimum absolute atomic E-state index is 0.0868. The SMILES string of the molecule is Fc1cccc(COc2ccc(Nc3ncnc4cc(C#Cc5ncccc5F)sc34)cc2Cl)c1. The molecule has 0 radical (unpaired) electrons. The average Bonchev–Trinajstić information content (AvgIpc) is 3.27. The minimum Gasteiger partial charge on any atom is -0.487 e. The van der Waals surface area contributed by atoms with E-state index in [2.05, 4.69) is 32.1 Å². The first-order chi connectivity index (χ1) is 17.0. The number of benzene rings is 2. The van der Waals surface area contributed by atoms with Crippen LogP contribution in [0.3, 0.4) is 0 Å². The van der Waals surface area contributed by atoms with Gasteiger partial charge in [-0.2, -0.15) is 0 Å². The molecule has 3 aromatic heterocycles. The van der Waals surface area contributed by atoms with E-state index in [-0.39, 0.29) is 18.1 Å². The molecule has 1 N–H and O–H groups in total. The van der Waals surface area contributed by atoms with E-state index < -0.39 is 5.82 Å². The smallest absolute Gasteiger partial charge is 0.157 e. The monoisotopic (exact) mass is 504 g/mol. The predicted molar refractivity (Wildman–Crippen MR) is 133 cm³/mol. The van der Waals surface area contributed by atoms with E-state index >= 15 is 0 Å². The van der Waals surface area contributed by atoms with Gasteiger partial charge in [-0.1, -0.05) is 23.7 Å². The maximum atomic E-state index is 13.8. The Labute approximate surface area is 208 Å². The molecule has 0 amide bonds. The molecular formula is C26H15ClF2N4OS. The number of aromatic nitrogens is 3. The second kappa shape index (κ2) is 10.1. The topological polar surface area (TPSA) is 59.9 Å². The first-order valence-electron chi connectivity index (χ1n) is 10.4. The van der Waals surface area contributed by atoms with E-state index in [1.165, 1.54) is 48.1 Å². The Morgan fingerprint density at radius 3 is 2.71 bits per heavy atom. The van der Waals surface area contributed by atoms with Gasteiger partial charge in [0.1, 0.15) is 30.2 Å². The summed E-state index contributed by atoms with van der Waals surface area (Å²) >= 11 is 7.79. The molecule has 5 nitrogen and oxygen atoms in total. The number of halogens is 3. The zero-order chi connectivity index (χ0) is 24.2. The van der Waals surface area contributed by atoms with Crippen LogP contribution in [0.1, 0.15) is 16.1 Å². The lowest BCUT2D eigenvalue weighted by atomic mass is 10.2. The van der Waals surface area contributed by atoms with Crippen molar-refractivity contribution in [1.29, 1.82) is 0 Å². The van der Waals surface area contributed by atoms with E-state index in [1.807, 2.05) is 6.07 Å². The molecule has 5 rings (SSSR count). The summed E-state index contributed by atoms with van der Waals surface area (Å²) in [7, 11) is 0. The Hall–Kier alpha value is -4.06. The van der Waals surface area contributed by atoms with Crippen LogP contribution >= 0.6 is 22.9 Å². The Morgan fingerprint density at radius 2 is 1.89 bits per heavy atom. The third-order valence-corrected chi connectivity index (χ3v) is 6.19. The van der Waals surface area contributed by atoms with Crippen LogP contribution < -0.4 is 10.1 Å². The van der Waals surface area contributed by atoms with Gasteiger partial charge in [0.25, 0.3) is 0 Å². The second-order valence-electron chi connectivity index (χ2n) is 7.32. The number of hydrogen-bond donors (Lipinski definition) is 1. The summed E-state index contributed by atoms with van der Waals surface area (Å²) in [6.45, 7) is 0.193. The third kappa shape index (κ3) is 5.38. The van der Waals surface area contributed by atoms with Crippen molar-refractivity contribution < 1.29 is 13.5 Å². The summed E-state index contributed by atoms with van der Waals surface area (Å²) in [6.07, 6.45) is 2.94. The number of rotatable bonds is 5. The van der Waals surface area contributed by atoms with Crippen LogP contribution in [0.15, 0.2) is 73.2 Å². The summed E-state index contributed by atoms with van der Waals surface area (Å²) in [4.78, 5) is 13.3. The Morgan fingerprint density at radius 1 is 0.971 bits per heavy atom. The number of hydrogen-bond acceptors (Lipinski definition) is 6. The van der Waals surface area contributed by atoms with Crippen molar-refractivity contribution in [3.05, 3.63) is 106 Å². The standard InChI is InChI=1S/C26H15ClF2N4OS/c27-20-12-18(6-9-24(20)34-14-16-3-1-4-17(28)11-16)33-26-25-23(31-15-32-26)13-19(35-25)7-8-22-21(29)5-2-10-30-22/h1-6,9-13,15H,14H2,(H,31,32,33). The van der Waals surface area contributed by atoms with Gasteiger partial charge in [-0.25, -0.2) is 23.7 Å². The average molecular weight is 505 g/mol. The summed E-state index contributed by atoms with van der Waals surface area (Å²) < 4.78 is 33.7. The molecule has 0 bridgehead atoms. The van der Waals surface area contributed by atoms with Gasteiger partial charge >= 0.3 is 0 Å². The molecule has 0 atom stereocenters. The molecule has 0 aliphatic carbocycles. The number of fused-ring (bicyclic) bond motifs is 1. The van der Waals surface area contributed by atoms with E-state index in [0.717, 1.165) is 4.70 Å². The van der Waals surface area contributed by atoms with Gasteiger partial charge in [0.2, 0.25) is 0 Å². The van der Waals surface area contributed by atoms with Crippen LogP contribution in [0.5, 0.6) is 5.75 Å². The molecule has 2 aromatic carbocycles. The quantitative estimate of drug-likeness (QED) is 0.269. The molecule has 5 aromatic rings. The van der Waals surface area contributed by atoms with Crippen molar-refractivity contribution in [2.45, 2.75) is 6.61 Å². The number of pyridine rings is 1. The fourth-order valence-electron chi connectivity index (χ4n) is 3.22. The third-order valence-electron chi connectivity index (χ3n) is 4.85. The lowest BCUT2D eigenvalue weighted by Gasteiger charge is -2.11. The zero-order valence-electron chi connectivity index (χ0n) is 17.9. The van der Waals surface area contributed by atoms with Crippen molar-refractivity contribution in [2.75, 3.05) is 5.32 Å². The Kier molecular flexibility index (Phi) is 6.53. The largest absolute Gasteiger partial charge is 0.487 e. The lowest BCUT2D eigenvalue weighted by Crippen LogP contribution is -1.98. The fraction of sp³-hybridized carbons (Fsp3) is 0.0385. The van der Waals surface area contributed by atoms with Crippen LogP contribution in [0.2, 0.25) is 5.02 Å².